The van der Waals surface area contributed by atoms with Crippen LogP contribution in [-0.4, -0.2) is 4.68 Å². The second-order valence-electron chi connectivity index (χ2n) is 4.32. The van der Waals surface area contributed by atoms with Crippen LogP contribution in [0.1, 0.15) is 5.56 Å². The monoisotopic (exact) mass is 237 g/mol. The lowest BCUT2D eigenvalue weighted by Crippen LogP contribution is -2.12. The lowest BCUT2D eigenvalue weighted by atomic mass is 10.2. The highest BCUT2D eigenvalue weighted by Gasteiger charge is 2.00. The molecule has 0 aliphatic rings. The van der Waals surface area contributed by atoms with Gasteiger partial charge in [-0.3, -0.25) is 4.68 Å². The van der Waals surface area contributed by atoms with Crippen LogP contribution in [0.2, 0.25) is 0 Å². The molecule has 0 aliphatic carbocycles. The molecule has 3 rings (SSSR count). The average molecular weight is 237 g/mol. The van der Waals surface area contributed by atoms with Gasteiger partial charge in [-0.25, -0.2) is 0 Å². The van der Waals surface area contributed by atoms with E-state index in [4.69, 9.17) is 5.73 Å². The van der Waals surface area contributed by atoms with Crippen molar-refractivity contribution in [3.05, 3.63) is 66.4 Å². The van der Waals surface area contributed by atoms with Crippen molar-refractivity contribution in [3.63, 3.8) is 0 Å². The van der Waals surface area contributed by atoms with E-state index < -0.39 is 0 Å². The predicted octanol–water partition coefficient (Wildman–Crippen LogP) is 2.97. The third-order valence-electron chi connectivity index (χ3n) is 3.01. The van der Waals surface area contributed by atoms with Gasteiger partial charge in [-0.2, -0.15) is 0 Å². The minimum atomic E-state index is 0.781. The van der Waals surface area contributed by atoms with Crippen molar-refractivity contribution in [3.8, 4) is 0 Å². The zero-order valence-corrected chi connectivity index (χ0v) is 10.0. The molecule has 0 fully saturated rings. The number of nitrogens with one attached hydrogen (secondary N) is 1. The van der Waals surface area contributed by atoms with Gasteiger partial charge in [0, 0.05) is 17.3 Å². The van der Waals surface area contributed by atoms with Crippen LogP contribution in [0.4, 0.5) is 5.69 Å². The summed E-state index contributed by atoms with van der Waals surface area (Å²) >= 11 is 0. The molecule has 0 aliphatic heterocycles. The lowest BCUT2D eigenvalue weighted by Gasteiger charge is -2.09. The quantitative estimate of drug-likeness (QED) is 0.688. The summed E-state index contributed by atoms with van der Waals surface area (Å²) in [7, 11) is 0. The molecule has 3 N–H and O–H groups in total. The van der Waals surface area contributed by atoms with E-state index in [-0.39, 0.29) is 0 Å². The summed E-state index contributed by atoms with van der Waals surface area (Å²) < 4.78 is 2.01. The van der Waals surface area contributed by atoms with Crippen LogP contribution in [0.15, 0.2) is 60.8 Å². The first kappa shape index (κ1) is 10.7. The molecule has 0 atom stereocenters. The summed E-state index contributed by atoms with van der Waals surface area (Å²) in [5, 5.41) is 1.18. The predicted molar refractivity (Wildman–Crippen MR) is 75.9 cm³/mol. The van der Waals surface area contributed by atoms with Gasteiger partial charge in [0.15, 0.2) is 0 Å². The van der Waals surface area contributed by atoms with Crippen LogP contribution in [0.3, 0.4) is 0 Å². The fourth-order valence-electron chi connectivity index (χ4n) is 2.06. The average Bonchev–Trinajstić information content (AvgIpc) is 2.80. The Morgan fingerprint density at radius 3 is 2.67 bits per heavy atom. The molecule has 1 heterocycles. The summed E-state index contributed by atoms with van der Waals surface area (Å²) in [5.41, 5.74) is 12.3. The third-order valence-corrected chi connectivity index (χ3v) is 3.01. The lowest BCUT2D eigenvalue weighted by molar-refractivity contribution is 0.874. The molecule has 0 saturated carbocycles. The van der Waals surface area contributed by atoms with Crippen molar-refractivity contribution in [2.75, 3.05) is 11.2 Å². The van der Waals surface area contributed by atoms with Crippen LogP contribution in [0.25, 0.3) is 10.9 Å². The highest BCUT2D eigenvalue weighted by molar-refractivity contribution is 5.83. The van der Waals surface area contributed by atoms with Crippen LogP contribution >= 0.6 is 0 Å². The molecule has 0 amide bonds. The summed E-state index contributed by atoms with van der Waals surface area (Å²) in [5.74, 6) is 0. The highest BCUT2D eigenvalue weighted by atomic mass is 15.4. The molecule has 3 nitrogen and oxygen atoms in total. The highest BCUT2D eigenvalue weighted by Crippen LogP contribution is 2.17. The first-order chi connectivity index (χ1) is 8.83. The maximum Gasteiger partial charge on any atom is 0.0712 e. The Morgan fingerprint density at radius 1 is 1.00 bits per heavy atom. The molecular weight excluding hydrogens is 222 g/mol. The molecule has 0 saturated heterocycles. The van der Waals surface area contributed by atoms with Gasteiger partial charge in [0.1, 0.15) is 0 Å². The Labute approximate surface area is 106 Å². The van der Waals surface area contributed by atoms with E-state index in [9.17, 15) is 0 Å². The van der Waals surface area contributed by atoms with Gasteiger partial charge in [0.25, 0.3) is 0 Å². The van der Waals surface area contributed by atoms with Crippen molar-refractivity contribution in [2.24, 2.45) is 0 Å². The fraction of sp³-hybridized carbons (Fsp3) is 0.0667. The van der Waals surface area contributed by atoms with Crippen LogP contribution in [0, 0.1) is 0 Å². The Balaban J connectivity index is 1.85. The van der Waals surface area contributed by atoms with Gasteiger partial charge in [-0.15, -0.1) is 0 Å². The number of nitrogens with zero attached hydrogens (tertiary/aromatic N) is 1. The molecule has 0 bridgehead atoms. The van der Waals surface area contributed by atoms with E-state index in [1.165, 1.54) is 10.9 Å². The number of hydrogen-bond donors (Lipinski definition) is 2. The van der Waals surface area contributed by atoms with Gasteiger partial charge in [-0.05, 0) is 23.8 Å². The Hall–Kier alpha value is -2.42. The Kier molecular flexibility index (Phi) is 2.65. The molecule has 0 unspecified atom stereocenters. The first-order valence-electron chi connectivity index (χ1n) is 5.97. The van der Waals surface area contributed by atoms with Gasteiger partial charge in [-0.1, -0.05) is 36.4 Å². The van der Waals surface area contributed by atoms with Crippen LogP contribution in [0.5, 0.6) is 0 Å². The van der Waals surface area contributed by atoms with Crippen molar-refractivity contribution in [1.29, 1.82) is 0 Å². The summed E-state index contributed by atoms with van der Waals surface area (Å²) in [6.45, 7) is 0.791. The number of rotatable bonds is 3. The summed E-state index contributed by atoms with van der Waals surface area (Å²) in [6, 6.07) is 18.3. The van der Waals surface area contributed by atoms with Gasteiger partial charge >= 0.3 is 0 Å². The summed E-state index contributed by atoms with van der Waals surface area (Å²) in [4.78, 5) is 0. The van der Waals surface area contributed by atoms with E-state index in [1.54, 1.807) is 0 Å². The Bertz CT molecular complexity index is 656. The van der Waals surface area contributed by atoms with Crippen molar-refractivity contribution >= 4 is 16.6 Å². The van der Waals surface area contributed by atoms with Crippen molar-refractivity contribution < 1.29 is 0 Å². The van der Waals surface area contributed by atoms with Crippen molar-refractivity contribution in [1.82, 2.24) is 4.68 Å². The molecule has 3 aromatic rings. The largest absolute Gasteiger partial charge is 0.399 e. The second-order valence-corrected chi connectivity index (χ2v) is 4.32. The molecule has 2 aromatic carbocycles. The molecule has 3 heteroatoms. The maximum atomic E-state index is 5.82. The number of fused-ring (bicyclic) bond motifs is 1. The number of nitrogens with two attached hydrogens (primary N) is 1. The number of anilines is 1. The molecule has 0 radical (unpaired) electrons. The van der Waals surface area contributed by atoms with Gasteiger partial charge < -0.3 is 11.2 Å². The van der Waals surface area contributed by atoms with E-state index >= 15 is 0 Å². The molecular formula is C15H15N3. The van der Waals surface area contributed by atoms with Gasteiger partial charge in [0.05, 0.1) is 12.1 Å². The minimum absolute atomic E-state index is 0.781. The van der Waals surface area contributed by atoms with Gasteiger partial charge in [0.2, 0.25) is 0 Å². The minimum Gasteiger partial charge on any atom is -0.399 e. The molecule has 18 heavy (non-hydrogen) atoms. The zero-order valence-electron chi connectivity index (χ0n) is 10.0. The summed E-state index contributed by atoms with van der Waals surface area (Å²) in [6.07, 6.45) is 2.02. The normalized spacial score (nSPS) is 10.7. The second kappa shape index (κ2) is 4.45. The number of benzene rings is 2. The topological polar surface area (TPSA) is 43.0 Å². The van der Waals surface area contributed by atoms with E-state index in [1.807, 2.05) is 47.3 Å². The number of hydrogen-bond acceptors (Lipinski definition) is 2. The third kappa shape index (κ3) is 2.02. The standard InChI is InChI=1S/C15H15N3/c16-14-7-6-13-8-9-18(15(13)10-14)17-11-12-4-2-1-3-5-12/h1-10,17H,11,16H2. The van der Waals surface area contributed by atoms with Crippen LogP contribution < -0.4 is 11.2 Å². The molecule has 0 spiro atoms. The number of nitrogen functional groups attached to an aromatic ring is 1. The first-order valence-corrected chi connectivity index (χ1v) is 5.97. The molecule has 1 aromatic heterocycles. The van der Waals surface area contributed by atoms with Crippen molar-refractivity contribution in [2.45, 2.75) is 6.54 Å². The van der Waals surface area contributed by atoms with E-state index in [0.29, 0.717) is 0 Å². The zero-order chi connectivity index (χ0) is 12.4. The smallest absolute Gasteiger partial charge is 0.0712 e. The SMILES string of the molecule is Nc1ccc2ccn(NCc3ccccc3)c2c1. The molecule has 90 valence electrons. The van der Waals surface area contributed by atoms with Crippen LogP contribution in [-0.2, 0) is 6.54 Å². The maximum absolute atomic E-state index is 5.82. The Morgan fingerprint density at radius 2 is 1.83 bits per heavy atom. The van der Waals surface area contributed by atoms with E-state index in [2.05, 4.69) is 23.6 Å². The fourth-order valence-corrected chi connectivity index (χ4v) is 2.06. The van der Waals surface area contributed by atoms with E-state index in [0.717, 1.165) is 17.7 Å². The number of aromatic nitrogens is 1.